The van der Waals surface area contributed by atoms with E-state index in [2.05, 4.69) is 36.9 Å². The molecule has 0 heterocycles. The molecule has 3 aromatic carbocycles. The highest BCUT2D eigenvalue weighted by Crippen LogP contribution is 2.26. The molecule has 3 rings (SSSR count). The monoisotopic (exact) mass is 245 g/mol. The molecule has 0 fully saturated rings. The number of allylic oxidation sites excluding steroid dienone is 3. The second-order valence-corrected chi connectivity index (χ2v) is 4.58. The van der Waals surface area contributed by atoms with Crippen molar-refractivity contribution in [3.63, 3.8) is 0 Å². The minimum Gasteiger partial charge on any atom is -0.248 e. The molecule has 0 saturated carbocycles. The van der Waals surface area contributed by atoms with Gasteiger partial charge in [-0.1, -0.05) is 55.1 Å². The molecule has 0 aliphatic heterocycles. The lowest BCUT2D eigenvalue weighted by Gasteiger charge is -1.99. The molecule has 0 spiro atoms. The lowest BCUT2D eigenvalue weighted by Crippen LogP contribution is -1.84. The summed E-state index contributed by atoms with van der Waals surface area (Å²) in [4.78, 5) is 4.71. The fourth-order valence-electron chi connectivity index (χ4n) is 2.18. The Morgan fingerprint density at radius 3 is 2.74 bits per heavy atom. The van der Waals surface area contributed by atoms with E-state index in [0.717, 1.165) is 22.2 Å². The first-order chi connectivity index (χ1) is 9.29. The standard InChI is InChI=1S/C18H15N/c1-3-7-13(2)16-12-18(16)19-17-11-6-9-14-8-4-5-10-15(14)17/h3-12H,2H2,1H3/b7-3-,19-18?. The normalized spacial score (nSPS) is 12.8. The summed E-state index contributed by atoms with van der Waals surface area (Å²) in [6.07, 6.45) is 4.01. The maximum Gasteiger partial charge on any atom is 0.0723 e. The van der Waals surface area contributed by atoms with Crippen LogP contribution < -0.4 is 5.36 Å². The van der Waals surface area contributed by atoms with Crippen LogP contribution in [0.15, 0.2) is 72.3 Å². The van der Waals surface area contributed by atoms with Crippen molar-refractivity contribution < 1.29 is 0 Å². The van der Waals surface area contributed by atoms with Crippen LogP contribution in [0.1, 0.15) is 12.5 Å². The third kappa shape index (κ3) is 2.27. The minimum absolute atomic E-state index is 1.02. The highest BCUT2D eigenvalue weighted by Gasteiger charge is 2.08. The number of nitrogens with zero attached hydrogens (tertiary/aromatic N) is 1. The van der Waals surface area contributed by atoms with Crippen LogP contribution in [0.25, 0.3) is 16.3 Å². The van der Waals surface area contributed by atoms with Crippen molar-refractivity contribution in [2.45, 2.75) is 6.92 Å². The van der Waals surface area contributed by atoms with E-state index in [9.17, 15) is 0 Å². The Morgan fingerprint density at radius 2 is 1.89 bits per heavy atom. The Bertz CT molecular complexity index is 791. The number of fused-ring (bicyclic) bond motifs is 1. The first-order valence-electron chi connectivity index (χ1n) is 6.40. The van der Waals surface area contributed by atoms with Gasteiger partial charge in [0.15, 0.2) is 0 Å². The lowest BCUT2D eigenvalue weighted by atomic mass is 10.1. The van der Waals surface area contributed by atoms with Crippen molar-refractivity contribution in [3.05, 3.63) is 78.2 Å². The highest BCUT2D eigenvalue weighted by atomic mass is 14.7. The zero-order valence-corrected chi connectivity index (χ0v) is 10.9. The number of hydrogen-bond donors (Lipinski definition) is 0. The van der Waals surface area contributed by atoms with Gasteiger partial charge in [-0.15, -0.1) is 0 Å². The predicted octanol–water partition coefficient (Wildman–Crippen LogP) is 4.54. The van der Waals surface area contributed by atoms with Crippen LogP contribution in [0.4, 0.5) is 5.69 Å². The minimum atomic E-state index is 1.02. The molecule has 92 valence electrons. The first-order valence-corrected chi connectivity index (χ1v) is 6.40. The Hall–Kier alpha value is -2.41. The van der Waals surface area contributed by atoms with E-state index in [1.54, 1.807) is 0 Å². The van der Waals surface area contributed by atoms with Gasteiger partial charge in [0.05, 0.1) is 11.0 Å². The lowest BCUT2D eigenvalue weighted by molar-refractivity contribution is 1.45. The zero-order valence-electron chi connectivity index (χ0n) is 10.9. The molecule has 0 aliphatic carbocycles. The van der Waals surface area contributed by atoms with Gasteiger partial charge < -0.3 is 0 Å². The molecule has 0 N–H and O–H groups in total. The smallest absolute Gasteiger partial charge is 0.0723 e. The van der Waals surface area contributed by atoms with Gasteiger partial charge in [0.1, 0.15) is 0 Å². The van der Waals surface area contributed by atoms with Gasteiger partial charge in [-0.25, -0.2) is 4.99 Å². The number of hydrogen-bond acceptors (Lipinski definition) is 1. The predicted molar refractivity (Wildman–Crippen MR) is 81.8 cm³/mol. The molecule has 1 nitrogen and oxygen atoms in total. The maximum atomic E-state index is 4.71. The van der Waals surface area contributed by atoms with E-state index in [1.807, 2.05) is 37.3 Å². The van der Waals surface area contributed by atoms with Gasteiger partial charge in [0, 0.05) is 10.9 Å². The van der Waals surface area contributed by atoms with Gasteiger partial charge in [-0.2, -0.15) is 0 Å². The largest absolute Gasteiger partial charge is 0.248 e. The fourth-order valence-corrected chi connectivity index (χ4v) is 2.18. The van der Waals surface area contributed by atoms with Crippen LogP contribution in [-0.2, 0) is 0 Å². The molecule has 0 radical (unpaired) electrons. The van der Waals surface area contributed by atoms with Gasteiger partial charge >= 0.3 is 0 Å². The van der Waals surface area contributed by atoms with Crippen molar-refractivity contribution in [3.8, 4) is 0 Å². The van der Waals surface area contributed by atoms with Gasteiger partial charge in [-0.05, 0) is 30.0 Å². The molecule has 0 aromatic heterocycles. The Morgan fingerprint density at radius 1 is 1.11 bits per heavy atom. The molecule has 0 atom stereocenters. The van der Waals surface area contributed by atoms with Crippen molar-refractivity contribution >= 4 is 22.0 Å². The Kier molecular flexibility index (Phi) is 2.88. The summed E-state index contributed by atoms with van der Waals surface area (Å²) in [6, 6.07) is 16.6. The maximum absolute atomic E-state index is 4.71. The highest BCUT2D eigenvalue weighted by molar-refractivity contribution is 5.92. The summed E-state index contributed by atoms with van der Waals surface area (Å²) in [5.41, 5.74) is 3.21. The van der Waals surface area contributed by atoms with Crippen molar-refractivity contribution in [1.82, 2.24) is 0 Å². The molecule has 0 unspecified atom stereocenters. The van der Waals surface area contributed by atoms with E-state index in [1.165, 1.54) is 10.8 Å². The summed E-state index contributed by atoms with van der Waals surface area (Å²) in [7, 11) is 0. The Balaban J connectivity index is 2.04. The Labute approximate surface area is 112 Å². The van der Waals surface area contributed by atoms with E-state index in [-0.39, 0.29) is 0 Å². The second kappa shape index (κ2) is 4.69. The molecular weight excluding hydrogens is 230 g/mol. The summed E-state index contributed by atoms with van der Waals surface area (Å²) < 4.78 is 0. The average Bonchev–Trinajstić information content (AvgIpc) is 3.19. The molecule has 0 saturated heterocycles. The van der Waals surface area contributed by atoms with Crippen LogP contribution in [-0.4, -0.2) is 0 Å². The van der Waals surface area contributed by atoms with Crippen molar-refractivity contribution in [2.24, 2.45) is 4.99 Å². The van der Waals surface area contributed by atoms with Crippen molar-refractivity contribution in [2.75, 3.05) is 0 Å². The summed E-state index contributed by atoms with van der Waals surface area (Å²) in [5, 5.41) is 3.45. The van der Waals surface area contributed by atoms with Crippen LogP contribution in [0.5, 0.6) is 0 Å². The van der Waals surface area contributed by atoms with Gasteiger partial charge in [-0.3, -0.25) is 0 Å². The quantitative estimate of drug-likeness (QED) is 0.601. The SMILES string of the molecule is C=C(/C=C\C)c1cc1=Nc1cccc2ccccc12. The molecule has 19 heavy (non-hydrogen) atoms. The molecular formula is C18H15N. The molecule has 3 aromatic rings. The zero-order chi connectivity index (χ0) is 13.2. The van der Waals surface area contributed by atoms with Crippen molar-refractivity contribution in [1.29, 1.82) is 0 Å². The molecule has 0 bridgehead atoms. The second-order valence-electron chi connectivity index (χ2n) is 4.58. The topological polar surface area (TPSA) is 12.4 Å². The summed E-state index contributed by atoms with van der Waals surface area (Å²) >= 11 is 0. The third-order valence-electron chi connectivity index (χ3n) is 3.20. The summed E-state index contributed by atoms with van der Waals surface area (Å²) in [5.74, 6) is 0. The van der Waals surface area contributed by atoms with Gasteiger partial charge in [0.2, 0.25) is 0 Å². The summed E-state index contributed by atoms with van der Waals surface area (Å²) in [6.45, 7) is 6.02. The van der Waals surface area contributed by atoms with Crippen LogP contribution in [0, 0.1) is 0 Å². The first kappa shape index (κ1) is 11.7. The van der Waals surface area contributed by atoms with Crippen LogP contribution in [0.3, 0.4) is 0 Å². The molecule has 1 heteroatoms. The van der Waals surface area contributed by atoms with E-state index in [0.29, 0.717) is 0 Å². The molecule has 0 aliphatic rings. The average molecular weight is 245 g/mol. The van der Waals surface area contributed by atoms with Gasteiger partial charge in [0.25, 0.3) is 0 Å². The fraction of sp³-hybridized carbons (Fsp3) is 0.0556. The van der Waals surface area contributed by atoms with Crippen LogP contribution >= 0.6 is 0 Å². The number of benzene rings is 2. The van der Waals surface area contributed by atoms with Crippen LogP contribution in [0.2, 0.25) is 0 Å². The van der Waals surface area contributed by atoms with E-state index >= 15 is 0 Å². The molecule has 0 amide bonds. The van der Waals surface area contributed by atoms with E-state index in [4.69, 9.17) is 4.99 Å². The van der Waals surface area contributed by atoms with E-state index < -0.39 is 0 Å². The third-order valence-corrected chi connectivity index (χ3v) is 3.20. The number of rotatable bonds is 3.